The smallest absolute Gasteiger partial charge is 0.238 e. The lowest BCUT2D eigenvalue weighted by atomic mass is 9.73. The highest BCUT2D eigenvalue weighted by Gasteiger charge is 2.64. The van der Waals surface area contributed by atoms with Gasteiger partial charge in [-0.25, -0.2) is 4.90 Å². The van der Waals surface area contributed by atoms with Gasteiger partial charge < -0.3 is 4.74 Å². The fraction of sp³-hybridized carbons (Fsp3) is 0.214. The highest BCUT2D eigenvalue weighted by atomic mass is 16.5. The second-order valence-electron chi connectivity index (χ2n) is 8.74. The molecule has 0 spiro atoms. The van der Waals surface area contributed by atoms with Crippen molar-refractivity contribution < 1.29 is 14.3 Å². The van der Waals surface area contributed by atoms with Crippen molar-refractivity contribution in [1.82, 2.24) is 0 Å². The molecule has 1 heterocycles. The van der Waals surface area contributed by atoms with Gasteiger partial charge in [-0.2, -0.15) is 0 Å². The van der Waals surface area contributed by atoms with E-state index >= 15 is 0 Å². The van der Waals surface area contributed by atoms with Gasteiger partial charge in [0.2, 0.25) is 11.8 Å². The number of nitrogens with zero attached hydrogens (tertiary/aromatic N) is 1. The van der Waals surface area contributed by atoms with Crippen LogP contribution in [0.5, 0.6) is 5.75 Å². The number of imide groups is 1. The number of benzene rings is 3. The molecule has 3 aromatic carbocycles. The third-order valence-electron chi connectivity index (χ3n) is 7.30. The van der Waals surface area contributed by atoms with Crippen LogP contribution in [0.15, 0.2) is 84.9 Å². The first-order valence-electron chi connectivity index (χ1n) is 11.1. The average Bonchev–Trinajstić information content (AvgIpc) is 3.49. The summed E-state index contributed by atoms with van der Waals surface area (Å²) >= 11 is 0. The number of fused-ring (bicyclic) bond motifs is 5. The Morgan fingerprint density at radius 3 is 1.66 bits per heavy atom. The van der Waals surface area contributed by atoms with E-state index in [1.807, 2.05) is 48.5 Å². The van der Waals surface area contributed by atoms with Crippen molar-refractivity contribution in [3.8, 4) is 5.75 Å². The van der Waals surface area contributed by atoms with E-state index in [9.17, 15) is 9.59 Å². The summed E-state index contributed by atoms with van der Waals surface area (Å²) < 4.78 is 5.47. The van der Waals surface area contributed by atoms with Crippen LogP contribution in [0.3, 0.4) is 0 Å². The van der Waals surface area contributed by atoms with Gasteiger partial charge in [0.1, 0.15) is 5.75 Å². The molecule has 4 atom stereocenters. The van der Waals surface area contributed by atoms with Crippen molar-refractivity contribution >= 4 is 28.6 Å². The number of rotatable bonds is 4. The normalized spacial score (nSPS) is 26.1. The Hall–Kier alpha value is -3.66. The molecule has 2 bridgehead atoms. The molecule has 6 rings (SSSR count). The molecule has 0 unspecified atom stereocenters. The summed E-state index contributed by atoms with van der Waals surface area (Å²) in [6.45, 7) is 0. The molecule has 1 aliphatic heterocycles. The van der Waals surface area contributed by atoms with Crippen molar-refractivity contribution in [2.75, 3.05) is 12.0 Å². The third kappa shape index (κ3) is 2.56. The predicted octanol–water partition coefficient (Wildman–Crippen LogP) is 5.06. The molecule has 2 amide bonds. The molecule has 32 heavy (non-hydrogen) atoms. The number of amides is 2. The van der Waals surface area contributed by atoms with E-state index in [0.29, 0.717) is 11.4 Å². The van der Waals surface area contributed by atoms with Gasteiger partial charge >= 0.3 is 0 Å². The van der Waals surface area contributed by atoms with E-state index in [1.165, 1.54) is 16.0 Å². The first-order valence-corrected chi connectivity index (χ1v) is 11.1. The van der Waals surface area contributed by atoms with Crippen molar-refractivity contribution in [3.05, 3.63) is 96.1 Å². The molecule has 0 aromatic heterocycles. The lowest BCUT2D eigenvalue weighted by molar-refractivity contribution is -0.123. The van der Waals surface area contributed by atoms with Crippen LogP contribution in [-0.2, 0) is 9.59 Å². The maximum Gasteiger partial charge on any atom is 0.238 e. The van der Waals surface area contributed by atoms with Crippen molar-refractivity contribution in [2.45, 2.75) is 6.42 Å². The quantitative estimate of drug-likeness (QED) is 0.553. The topological polar surface area (TPSA) is 46.6 Å². The Balaban J connectivity index is 1.50. The number of hydrogen-bond acceptors (Lipinski definition) is 3. The number of ether oxygens (including phenoxy) is 1. The van der Waals surface area contributed by atoms with Crippen molar-refractivity contribution in [2.24, 2.45) is 23.7 Å². The maximum absolute atomic E-state index is 13.7. The number of carbonyl (C=O) groups is 2. The maximum atomic E-state index is 13.7. The van der Waals surface area contributed by atoms with Gasteiger partial charge in [-0.05, 0) is 52.7 Å². The van der Waals surface area contributed by atoms with Crippen molar-refractivity contribution in [1.29, 1.82) is 0 Å². The zero-order valence-electron chi connectivity index (χ0n) is 17.8. The fourth-order valence-electron chi connectivity index (χ4n) is 6.15. The fourth-order valence-corrected chi connectivity index (χ4v) is 6.15. The third-order valence-corrected chi connectivity index (χ3v) is 7.30. The zero-order valence-corrected chi connectivity index (χ0v) is 17.8. The SMILES string of the molecule is COc1ccccc1N1C(=O)[C@@H]2[C@@H](C1=O)[C@@H]1C[C@@H]2C(c2ccccc2)=C1c1ccccc1. The summed E-state index contributed by atoms with van der Waals surface area (Å²) in [6, 6.07) is 27.9. The monoisotopic (exact) mass is 421 g/mol. The first-order chi connectivity index (χ1) is 15.7. The minimum absolute atomic E-state index is 0.0405. The van der Waals surface area contributed by atoms with E-state index in [0.717, 1.165) is 17.5 Å². The average molecular weight is 421 g/mol. The Labute approximate surface area is 187 Å². The van der Waals surface area contributed by atoms with Crippen LogP contribution in [-0.4, -0.2) is 18.9 Å². The van der Waals surface area contributed by atoms with Crippen LogP contribution in [0, 0.1) is 23.7 Å². The van der Waals surface area contributed by atoms with E-state index in [1.54, 1.807) is 19.2 Å². The van der Waals surface area contributed by atoms with Gasteiger partial charge in [-0.1, -0.05) is 72.8 Å². The van der Waals surface area contributed by atoms with Gasteiger partial charge in [-0.3, -0.25) is 9.59 Å². The van der Waals surface area contributed by atoms with Crippen LogP contribution in [0.2, 0.25) is 0 Å². The highest BCUT2D eigenvalue weighted by Crippen LogP contribution is 2.64. The van der Waals surface area contributed by atoms with Crippen LogP contribution in [0.1, 0.15) is 17.5 Å². The molecule has 4 nitrogen and oxygen atoms in total. The van der Waals surface area contributed by atoms with Gasteiger partial charge in [0.05, 0.1) is 24.6 Å². The molecule has 2 aliphatic carbocycles. The molecule has 2 fully saturated rings. The molecule has 0 N–H and O–H groups in total. The van der Waals surface area contributed by atoms with Crippen LogP contribution in [0.4, 0.5) is 5.69 Å². The second-order valence-corrected chi connectivity index (χ2v) is 8.74. The van der Waals surface area contributed by atoms with Crippen molar-refractivity contribution in [3.63, 3.8) is 0 Å². The summed E-state index contributed by atoms with van der Waals surface area (Å²) in [5.74, 6) is -0.214. The van der Waals surface area contributed by atoms with E-state index in [2.05, 4.69) is 24.3 Å². The van der Waals surface area contributed by atoms with Crippen LogP contribution >= 0.6 is 0 Å². The largest absolute Gasteiger partial charge is 0.495 e. The van der Waals surface area contributed by atoms with Gasteiger partial charge in [0.25, 0.3) is 0 Å². The van der Waals surface area contributed by atoms with Gasteiger partial charge in [0, 0.05) is 0 Å². The molecule has 1 saturated carbocycles. The summed E-state index contributed by atoms with van der Waals surface area (Å²) in [6.07, 6.45) is 0.848. The Morgan fingerprint density at radius 2 is 1.16 bits per heavy atom. The minimum atomic E-state index is -0.319. The zero-order chi connectivity index (χ0) is 21.8. The number of para-hydroxylation sites is 2. The lowest BCUT2D eigenvalue weighted by Crippen LogP contribution is -2.33. The Morgan fingerprint density at radius 1 is 0.688 bits per heavy atom. The van der Waals surface area contributed by atoms with E-state index in [4.69, 9.17) is 4.74 Å². The Kier molecular flexibility index (Phi) is 4.29. The summed E-state index contributed by atoms with van der Waals surface area (Å²) in [5.41, 5.74) is 5.29. The molecular weight excluding hydrogens is 398 g/mol. The van der Waals surface area contributed by atoms with E-state index < -0.39 is 0 Å². The minimum Gasteiger partial charge on any atom is -0.495 e. The molecule has 0 radical (unpaired) electrons. The standard InChI is InChI=1S/C28H23NO3/c1-32-22-15-9-8-14-21(22)29-27(30)25-19-16-20(26(25)28(29)31)24(18-12-6-3-7-13-18)23(19)17-10-4-2-5-11-17/h2-15,19-20,25-26H,16H2,1H3/t19-,20-,25+,26+/m1/s1. The predicted molar refractivity (Wildman–Crippen MR) is 124 cm³/mol. The molecule has 4 heteroatoms. The molecule has 158 valence electrons. The van der Waals surface area contributed by atoms with Crippen LogP contribution < -0.4 is 9.64 Å². The molecule has 3 aliphatic rings. The lowest BCUT2D eigenvalue weighted by Gasteiger charge is -2.27. The second kappa shape index (κ2) is 7.20. The van der Waals surface area contributed by atoms with Gasteiger partial charge in [-0.15, -0.1) is 0 Å². The number of anilines is 1. The number of carbonyl (C=O) groups excluding carboxylic acids is 2. The summed E-state index contributed by atoms with van der Waals surface area (Å²) in [7, 11) is 1.57. The molecule has 3 aromatic rings. The number of allylic oxidation sites excluding steroid dienone is 2. The number of methoxy groups -OCH3 is 1. The van der Waals surface area contributed by atoms with Gasteiger partial charge in [0.15, 0.2) is 0 Å². The number of hydrogen-bond donors (Lipinski definition) is 0. The Bertz CT molecular complexity index is 1170. The summed E-state index contributed by atoms with van der Waals surface area (Å²) in [4.78, 5) is 28.8. The highest BCUT2D eigenvalue weighted by molar-refractivity contribution is 6.25. The first kappa shape index (κ1) is 19.1. The molecule has 1 saturated heterocycles. The molecular formula is C28H23NO3. The summed E-state index contributed by atoms with van der Waals surface area (Å²) in [5, 5.41) is 0. The van der Waals surface area contributed by atoms with E-state index in [-0.39, 0.29) is 35.5 Å². The van der Waals surface area contributed by atoms with Crippen LogP contribution in [0.25, 0.3) is 11.1 Å².